The number of hydrogen-bond donors (Lipinski definition) is 1. The Labute approximate surface area is 124 Å². The Kier molecular flexibility index (Phi) is 3.44. The van der Waals surface area contributed by atoms with E-state index in [1.165, 1.54) is 4.90 Å². The van der Waals surface area contributed by atoms with Gasteiger partial charge in [-0.3, -0.25) is 0 Å². The van der Waals surface area contributed by atoms with Crippen LogP contribution >= 0.6 is 0 Å². The van der Waals surface area contributed by atoms with Gasteiger partial charge in [-0.15, -0.1) is 0 Å². The van der Waals surface area contributed by atoms with Crippen molar-refractivity contribution in [3.63, 3.8) is 0 Å². The summed E-state index contributed by atoms with van der Waals surface area (Å²) in [5.74, 6) is -0.277. The van der Waals surface area contributed by atoms with Crippen LogP contribution in [0.2, 0.25) is 4.31 Å². The summed E-state index contributed by atoms with van der Waals surface area (Å²) in [5, 5.41) is 9.41. The zero-order valence-corrected chi connectivity index (χ0v) is 13.0. The number of hydrogen-bond acceptors (Lipinski definition) is 3. The summed E-state index contributed by atoms with van der Waals surface area (Å²) in [6.07, 6.45) is 1.28. The molecule has 1 N–H and O–H groups in total. The molecule has 0 bridgehead atoms. The van der Waals surface area contributed by atoms with E-state index in [4.69, 9.17) is 0 Å². The van der Waals surface area contributed by atoms with Crippen LogP contribution in [0.3, 0.4) is 0 Å². The Bertz CT molecular complexity index is 547. The Morgan fingerprint density at radius 3 is 2.70 bits per heavy atom. The molecule has 1 aromatic rings. The van der Waals surface area contributed by atoms with E-state index < -0.39 is 4.31 Å². The minimum absolute atomic E-state index is 0.0488. The molecule has 106 valence electrons. The van der Waals surface area contributed by atoms with E-state index in [2.05, 4.69) is 0 Å². The van der Waals surface area contributed by atoms with Crippen LogP contribution in [0.4, 0.5) is 0 Å². The third kappa shape index (κ3) is 1.93. The van der Waals surface area contributed by atoms with E-state index >= 15 is 0 Å². The molecule has 1 aliphatic carbocycles. The van der Waals surface area contributed by atoms with Gasteiger partial charge in [-0.2, -0.15) is 0 Å². The zero-order chi connectivity index (χ0) is 14.3. The van der Waals surface area contributed by atoms with Crippen LogP contribution in [0.15, 0.2) is 30.3 Å². The van der Waals surface area contributed by atoms with Gasteiger partial charge in [0.2, 0.25) is 0 Å². The number of likely N-dealkylation sites (tertiary alicyclic amines) is 1. The first-order valence-electron chi connectivity index (χ1n) is 6.75. The van der Waals surface area contributed by atoms with Crippen molar-refractivity contribution in [2.24, 2.45) is 11.8 Å². The van der Waals surface area contributed by atoms with Gasteiger partial charge < -0.3 is 0 Å². The minimum atomic E-state index is -0.576. The maximum atomic E-state index is 12.6. The van der Waals surface area contributed by atoms with Crippen molar-refractivity contribution in [2.75, 3.05) is 13.7 Å². The van der Waals surface area contributed by atoms with Crippen LogP contribution in [0.1, 0.15) is 12.8 Å². The molecule has 1 heterocycles. The zero-order valence-electron chi connectivity index (χ0n) is 11.3. The van der Waals surface area contributed by atoms with Gasteiger partial charge in [0.05, 0.1) is 0 Å². The second-order valence-electron chi connectivity index (χ2n) is 5.55. The van der Waals surface area contributed by atoms with Crippen molar-refractivity contribution >= 4 is 31.2 Å². The summed E-state index contributed by atoms with van der Waals surface area (Å²) in [6, 6.07) is 9.92. The Hall–Kier alpha value is -1.16. The van der Waals surface area contributed by atoms with Crippen LogP contribution in [-0.2, 0) is 9.59 Å². The molecule has 20 heavy (non-hydrogen) atoms. The van der Waals surface area contributed by atoms with Gasteiger partial charge in [0.1, 0.15) is 0 Å². The van der Waals surface area contributed by atoms with Crippen LogP contribution in [0.25, 0.3) is 0 Å². The predicted molar refractivity (Wildman–Crippen MR) is 75.6 cm³/mol. The van der Waals surface area contributed by atoms with Gasteiger partial charge in [-0.1, -0.05) is 0 Å². The number of amides is 2. The van der Waals surface area contributed by atoms with Crippen molar-refractivity contribution in [2.45, 2.75) is 17.2 Å². The molecular formula is C15H17NO3Se. The topological polar surface area (TPSA) is 57.6 Å². The molecule has 3 rings (SSSR count). The predicted octanol–water partition coefficient (Wildman–Crippen LogP) is 0.192. The summed E-state index contributed by atoms with van der Waals surface area (Å²) in [4.78, 5) is 26.2. The maximum absolute atomic E-state index is 12.6. The van der Waals surface area contributed by atoms with Crippen LogP contribution < -0.4 is 4.46 Å². The van der Waals surface area contributed by atoms with Crippen molar-refractivity contribution in [1.82, 2.24) is 4.90 Å². The van der Waals surface area contributed by atoms with Gasteiger partial charge in [0.15, 0.2) is 0 Å². The van der Waals surface area contributed by atoms with Gasteiger partial charge >= 0.3 is 124 Å². The SMILES string of the molecule is CN1C(=O)[C@@H]2C[C@@H](CO)C[C@]2([Se]c2ccccc2)C1=O. The van der Waals surface area contributed by atoms with Crippen molar-refractivity contribution < 1.29 is 14.7 Å². The van der Waals surface area contributed by atoms with Crippen molar-refractivity contribution in [1.29, 1.82) is 0 Å². The number of aliphatic hydroxyl groups excluding tert-OH is 1. The number of aliphatic hydroxyl groups is 1. The third-order valence-corrected chi connectivity index (χ3v) is 7.46. The third-order valence-electron chi connectivity index (χ3n) is 4.32. The molecule has 2 aliphatic rings. The number of benzene rings is 1. The van der Waals surface area contributed by atoms with Crippen LogP contribution in [-0.4, -0.2) is 50.4 Å². The van der Waals surface area contributed by atoms with Gasteiger partial charge in [-0.25, -0.2) is 0 Å². The molecule has 1 aromatic carbocycles. The molecule has 0 radical (unpaired) electrons. The first-order valence-corrected chi connectivity index (χ1v) is 8.46. The molecule has 2 amide bonds. The quantitative estimate of drug-likeness (QED) is 0.632. The standard InChI is InChI=1S/C15H17NO3Se/c1-16-13(18)12-7-10(9-17)8-15(12,14(16)19)20-11-5-3-2-4-6-11/h2-6,10,12,17H,7-9H2,1H3/t10-,12+,15-/m1/s1. The molecular weight excluding hydrogens is 321 g/mol. The van der Waals surface area contributed by atoms with E-state index in [0.29, 0.717) is 12.8 Å². The van der Waals surface area contributed by atoms with E-state index in [1.54, 1.807) is 7.05 Å². The fraction of sp³-hybridized carbons (Fsp3) is 0.467. The molecule has 2 fully saturated rings. The van der Waals surface area contributed by atoms with Crippen molar-refractivity contribution in [3.05, 3.63) is 30.3 Å². The number of carbonyl (C=O) groups excluding carboxylic acids is 2. The molecule has 1 saturated carbocycles. The summed E-state index contributed by atoms with van der Waals surface area (Å²) in [7, 11) is 1.58. The van der Waals surface area contributed by atoms with Gasteiger partial charge in [0, 0.05) is 0 Å². The summed E-state index contributed by atoms with van der Waals surface area (Å²) >= 11 is -0.0830. The molecule has 0 aromatic heterocycles. The van der Waals surface area contributed by atoms with Gasteiger partial charge in [-0.05, 0) is 0 Å². The van der Waals surface area contributed by atoms with E-state index in [-0.39, 0.29) is 45.2 Å². The van der Waals surface area contributed by atoms with Crippen LogP contribution in [0.5, 0.6) is 0 Å². The molecule has 0 unspecified atom stereocenters. The summed E-state index contributed by atoms with van der Waals surface area (Å²) < 4.78 is 0.563. The first-order chi connectivity index (χ1) is 9.58. The van der Waals surface area contributed by atoms with E-state index in [0.717, 1.165) is 4.46 Å². The summed E-state index contributed by atoms with van der Waals surface area (Å²) in [6.45, 7) is 0.0629. The summed E-state index contributed by atoms with van der Waals surface area (Å²) in [5.41, 5.74) is 0. The molecule has 0 spiro atoms. The Morgan fingerprint density at radius 2 is 2.05 bits per heavy atom. The fourth-order valence-corrected chi connectivity index (χ4v) is 6.68. The Balaban J connectivity index is 1.98. The van der Waals surface area contributed by atoms with E-state index in [1.807, 2.05) is 30.3 Å². The molecule has 1 aliphatic heterocycles. The Morgan fingerprint density at radius 1 is 1.35 bits per heavy atom. The average molecular weight is 338 g/mol. The molecule has 1 saturated heterocycles. The molecule has 3 atom stereocenters. The van der Waals surface area contributed by atoms with Gasteiger partial charge in [0.25, 0.3) is 0 Å². The number of nitrogens with zero attached hydrogens (tertiary/aromatic N) is 1. The normalized spacial score (nSPS) is 32.8. The second-order valence-corrected chi connectivity index (χ2v) is 8.49. The number of rotatable bonds is 3. The monoisotopic (exact) mass is 339 g/mol. The number of fused-ring (bicyclic) bond motifs is 1. The van der Waals surface area contributed by atoms with Crippen LogP contribution in [0, 0.1) is 11.8 Å². The second kappa shape index (κ2) is 4.99. The van der Waals surface area contributed by atoms with E-state index in [9.17, 15) is 14.7 Å². The fourth-order valence-electron chi connectivity index (χ4n) is 3.33. The first kappa shape index (κ1) is 13.8. The molecule has 5 heteroatoms. The average Bonchev–Trinajstić information content (AvgIpc) is 2.92. The van der Waals surface area contributed by atoms with Crippen molar-refractivity contribution in [3.8, 4) is 0 Å². The number of carbonyl (C=O) groups is 2. The number of imide groups is 1. The molecule has 4 nitrogen and oxygen atoms in total.